The highest BCUT2D eigenvalue weighted by molar-refractivity contribution is 5.85. The Morgan fingerprint density at radius 3 is 2.62 bits per heavy atom. The van der Waals surface area contributed by atoms with E-state index >= 15 is 0 Å². The highest BCUT2D eigenvalue weighted by Gasteiger charge is 2.06. The van der Waals surface area contributed by atoms with Crippen LogP contribution in [0.1, 0.15) is 12.8 Å². The van der Waals surface area contributed by atoms with E-state index < -0.39 is 0 Å². The zero-order chi connectivity index (χ0) is 7.94. The average molecular weight is 231 g/mol. The van der Waals surface area contributed by atoms with Gasteiger partial charge in [0.15, 0.2) is 0 Å². The van der Waals surface area contributed by atoms with Gasteiger partial charge in [0.05, 0.1) is 0 Å². The zero-order valence-electron chi connectivity index (χ0n) is 7.87. The van der Waals surface area contributed by atoms with E-state index in [2.05, 4.69) is 10.2 Å². The quantitative estimate of drug-likeness (QED) is 0.742. The zero-order valence-corrected chi connectivity index (χ0v) is 9.50. The lowest BCUT2D eigenvalue weighted by molar-refractivity contribution is 0.232. The summed E-state index contributed by atoms with van der Waals surface area (Å²) in [5, 5.41) is 12.0. The Labute approximate surface area is 92.7 Å². The van der Waals surface area contributed by atoms with E-state index in [1.165, 1.54) is 13.0 Å². The molecule has 13 heavy (non-hydrogen) atoms. The number of rotatable bonds is 3. The van der Waals surface area contributed by atoms with E-state index in [1.807, 2.05) is 0 Å². The van der Waals surface area contributed by atoms with Crippen molar-refractivity contribution in [1.82, 2.24) is 10.2 Å². The molecule has 82 valence electrons. The van der Waals surface area contributed by atoms with Gasteiger partial charge in [-0.2, -0.15) is 0 Å². The number of hydrogen-bond donors (Lipinski definition) is 2. The van der Waals surface area contributed by atoms with Crippen LogP contribution in [0.5, 0.6) is 0 Å². The van der Waals surface area contributed by atoms with Crippen LogP contribution >= 0.6 is 24.8 Å². The molecule has 0 spiro atoms. The number of aliphatic hydroxyl groups is 1. The molecule has 1 rings (SSSR count). The van der Waals surface area contributed by atoms with Gasteiger partial charge >= 0.3 is 0 Å². The summed E-state index contributed by atoms with van der Waals surface area (Å²) >= 11 is 0. The number of aliphatic hydroxyl groups excluding tert-OH is 1. The molecule has 1 aliphatic heterocycles. The summed E-state index contributed by atoms with van der Waals surface area (Å²) in [6.07, 6.45) is 2.16. The lowest BCUT2D eigenvalue weighted by Crippen LogP contribution is -2.29. The van der Waals surface area contributed by atoms with Crippen molar-refractivity contribution in [2.24, 2.45) is 0 Å². The van der Waals surface area contributed by atoms with Crippen LogP contribution in [0.15, 0.2) is 0 Å². The van der Waals surface area contributed by atoms with Crippen LogP contribution < -0.4 is 5.32 Å². The van der Waals surface area contributed by atoms with Crippen LogP contribution in [0.2, 0.25) is 0 Å². The van der Waals surface area contributed by atoms with Crippen LogP contribution in [-0.2, 0) is 0 Å². The molecule has 5 heteroatoms. The molecular weight excluding hydrogens is 211 g/mol. The summed E-state index contributed by atoms with van der Waals surface area (Å²) in [6, 6.07) is 0. The maximum absolute atomic E-state index is 8.62. The van der Waals surface area contributed by atoms with Crippen molar-refractivity contribution >= 4 is 24.8 Å². The summed E-state index contributed by atoms with van der Waals surface area (Å²) in [7, 11) is 0. The molecule has 0 atom stereocenters. The first-order chi connectivity index (χ1) is 5.43. The topological polar surface area (TPSA) is 35.5 Å². The summed E-state index contributed by atoms with van der Waals surface area (Å²) < 4.78 is 0. The van der Waals surface area contributed by atoms with Crippen molar-refractivity contribution < 1.29 is 5.11 Å². The molecule has 2 N–H and O–H groups in total. The van der Waals surface area contributed by atoms with E-state index in [4.69, 9.17) is 5.11 Å². The summed E-state index contributed by atoms with van der Waals surface area (Å²) in [5.74, 6) is 0. The standard InChI is InChI=1S/C8H18N2O.2ClH/c11-8-2-6-10-5-1-3-9-4-7-10;;/h9,11H,1-8H2;2*1H. The van der Waals surface area contributed by atoms with Crippen LogP contribution in [0.4, 0.5) is 0 Å². The van der Waals surface area contributed by atoms with E-state index in [9.17, 15) is 0 Å². The van der Waals surface area contributed by atoms with Gasteiger partial charge in [-0.3, -0.25) is 0 Å². The number of nitrogens with zero attached hydrogens (tertiary/aromatic N) is 1. The van der Waals surface area contributed by atoms with E-state index in [0.29, 0.717) is 6.61 Å². The van der Waals surface area contributed by atoms with Gasteiger partial charge in [0.25, 0.3) is 0 Å². The van der Waals surface area contributed by atoms with Gasteiger partial charge < -0.3 is 15.3 Å². The van der Waals surface area contributed by atoms with Gasteiger partial charge in [-0.25, -0.2) is 0 Å². The minimum absolute atomic E-state index is 0. The Morgan fingerprint density at radius 2 is 1.92 bits per heavy atom. The molecule has 1 fully saturated rings. The number of nitrogens with one attached hydrogen (secondary N) is 1. The molecule has 0 aromatic carbocycles. The third-order valence-corrected chi connectivity index (χ3v) is 2.07. The van der Waals surface area contributed by atoms with Crippen molar-refractivity contribution in [1.29, 1.82) is 0 Å². The van der Waals surface area contributed by atoms with Gasteiger partial charge in [-0.05, 0) is 25.9 Å². The van der Waals surface area contributed by atoms with Gasteiger partial charge in [0.1, 0.15) is 0 Å². The summed E-state index contributed by atoms with van der Waals surface area (Å²) in [6.45, 7) is 5.95. The van der Waals surface area contributed by atoms with Crippen molar-refractivity contribution in [2.45, 2.75) is 12.8 Å². The van der Waals surface area contributed by atoms with Crippen molar-refractivity contribution in [3.63, 3.8) is 0 Å². The lowest BCUT2D eigenvalue weighted by Gasteiger charge is -2.18. The summed E-state index contributed by atoms with van der Waals surface area (Å²) in [5.41, 5.74) is 0. The SMILES string of the molecule is Cl.Cl.OCCCN1CCCNCC1. The first kappa shape index (κ1) is 15.9. The predicted octanol–water partition coefficient (Wildman–Crippen LogP) is 0.508. The minimum atomic E-state index is 0. The van der Waals surface area contributed by atoms with Gasteiger partial charge in [-0.15, -0.1) is 24.8 Å². The first-order valence-electron chi connectivity index (χ1n) is 4.47. The van der Waals surface area contributed by atoms with Crippen LogP contribution in [-0.4, -0.2) is 49.3 Å². The minimum Gasteiger partial charge on any atom is -0.396 e. The monoisotopic (exact) mass is 230 g/mol. The highest BCUT2D eigenvalue weighted by Crippen LogP contribution is 1.95. The predicted molar refractivity (Wildman–Crippen MR) is 60.1 cm³/mol. The third kappa shape index (κ3) is 7.52. The summed E-state index contributed by atoms with van der Waals surface area (Å²) in [4.78, 5) is 2.41. The maximum Gasteiger partial charge on any atom is 0.0443 e. The molecule has 3 nitrogen and oxygen atoms in total. The first-order valence-corrected chi connectivity index (χ1v) is 4.47. The second kappa shape index (κ2) is 10.5. The Hall–Kier alpha value is 0.460. The largest absolute Gasteiger partial charge is 0.396 e. The van der Waals surface area contributed by atoms with E-state index in [-0.39, 0.29) is 24.8 Å². The van der Waals surface area contributed by atoms with Gasteiger partial charge in [0.2, 0.25) is 0 Å². The number of hydrogen-bond acceptors (Lipinski definition) is 3. The maximum atomic E-state index is 8.62. The van der Waals surface area contributed by atoms with Gasteiger partial charge in [-0.1, -0.05) is 0 Å². The fourth-order valence-corrected chi connectivity index (χ4v) is 1.42. The molecule has 0 unspecified atom stereocenters. The fraction of sp³-hybridized carbons (Fsp3) is 1.00. The van der Waals surface area contributed by atoms with Crippen LogP contribution in [0, 0.1) is 0 Å². The van der Waals surface area contributed by atoms with Gasteiger partial charge in [0, 0.05) is 26.2 Å². The smallest absolute Gasteiger partial charge is 0.0443 e. The van der Waals surface area contributed by atoms with Crippen LogP contribution in [0.25, 0.3) is 0 Å². The van der Waals surface area contributed by atoms with E-state index in [0.717, 1.165) is 32.6 Å². The molecule has 0 radical (unpaired) electrons. The third-order valence-electron chi connectivity index (χ3n) is 2.07. The normalized spacial score (nSPS) is 18.2. The molecule has 1 heterocycles. The molecule has 1 saturated heterocycles. The average Bonchev–Trinajstić information content (AvgIpc) is 2.28. The Balaban J connectivity index is 0. The Morgan fingerprint density at radius 1 is 1.15 bits per heavy atom. The molecule has 0 amide bonds. The molecular formula is C8H20Cl2N2O. The molecule has 1 aliphatic rings. The molecule has 0 aromatic heterocycles. The molecule has 0 saturated carbocycles. The molecule has 0 aromatic rings. The highest BCUT2D eigenvalue weighted by atomic mass is 35.5. The number of halogens is 2. The Bertz CT molecular complexity index is 98.1. The van der Waals surface area contributed by atoms with Crippen molar-refractivity contribution in [3.8, 4) is 0 Å². The lowest BCUT2D eigenvalue weighted by atomic mass is 10.3. The van der Waals surface area contributed by atoms with Crippen LogP contribution in [0.3, 0.4) is 0 Å². The second-order valence-corrected chi connectivity index (χ2v) is 3.02. The fourth-order valence-electron chi connectivity index (χ4n) is 1.42. The van der Waals surface area contributed by atoms with Crippen molar-refractivity contribution in [2.75, 3.05) is 39.3 Å². The van der Waals surface area contributed by atoms with E-state index in [1.54, 1.807) is 0 Å². The second-order valence-electron chi connectivity index (χ2n) is 3.02. The molecule has 0 bridgehead atoms. The van der Waals surface area contributed by atoms with Crippen molar-refractivity contribution in [3.05, 3.63) is 0 Å². The Kier molecular flexibility index (Phi) is 12.9. The molecule has 0 aliphatic carbocycles.